The number of para-hydroxylation sites is 1. The molecule has 9 aromatic rings. The van der Waals surface area contributed by atoms with Crippen molar-refractivity contribution in [3.05, 3.63) is 152 Å². The lowest BCUT2D eigenvalue weighted by atomic mass is 9.97. The van der Waals surface area contributed by atoms with Gasteiger partial charge in [-0.1, -0.05) is 127 Å². The lowest BCUT2D eigenvalue weighted by Crippen LogP contribution is -1.96. The molecule has 0 amide bonds. The van der Waals surface area contributed by atoms with E-state index in [4.69, 9.17) is 15.0 Å². The summed E-state index contributed by atoms with van der Waals surface area (Å²) in [7, 11) is 0. The predicted octanol–water partition coefficient (Wildman–Crippen LogP) is 11.2. The standard InChI is InChI=1S/C41H25N3S/c1-3-12-26(13-4-1)35-25-36(27-14-5-2-6-15-27)44-41(43-35)29-17-11-16-28(24-29)39-33-23-22-31-30-18-8-10-21-37(30)45-40(31)38(33)32-19-7-9-20-34(32)42-39/h1-25H. The van der Waals surface area contributed by atoms with Crippen LogP contribution in [0.1, 0.15) is 0 Å². The van der Waals surface area contributed by atoms with E-state index in [-0.39, 0.29) is 0 Å². The van der Waals surface area contributed by atoms with Crippen LogP contribution >= 0.6 is 11.3 Å². The normalized spacial score (nSPS) is 11.6. The highest BCUT2D eigenvalue weighted by Gasteiger charge is 2.17. The molecule has 9 rings (SSSR count). The van der Waals surface area contributed by atoms with Crippen molar-refractivity contribution in [2.75, 3.05) is 0 Å². The Morgan fingerprint density at radius 1 is 0.400 bits per heavy atom. The van der Waals surface area contributed by atoms with Gasteiger partial charge in [0.15, 0.2) is 5.82 Å². The zero-order valence-corrected chi connectivity index (χ0v) is 25.0. The van der Waals surface area contributed by atoms with Gasteiger partial charge in [-0.3, -0.25) is 0 Å². The highest BCUT2D eigenvalue weighted by atomic mass is 32.1. The van der Waals surface area contributed by atoms with Gasteiger partial charge in [-0.05, 0) is 24.3 Å². The van der Waals surface area contributed by atoms with E-state index >= 15 is 0 Å². The van der Waals surface area contributed by atoms with Crippen LogP contribution in [0.4, 0.5) is 0 Å². The monoisotopic (exact) mass is 591 g/mol. The third-order valence-corrected chi connectivity index (χ3v) is 9.67. The molecule has 0 saturated carbocycles. The fourth-order valence-corrected chi connectivity index (χ4v) is 7.60. The van der Waals surface area contributed by atoms with Crippen LogP contribution in [0, 0.1) is 0 Å². The van der Waals surface area contributed by atoms with Gasteiger partial charge >= 0.3 is 0 Å². The number of rotatable bonds is 4. The third kappa shape index (κ3) is 4.38. The molecular formula is C41H25N3S. The Hall–Kier alpha value is -5.71. The van der Waals surface area contributed by atoms with E-state index in [0.29, 0.717) is 5.82 Å². The average Bonchev–Trinajstić information content (AvgIpc) is 3.51. The Bertz CT molecular complexity index is 2480. The molecule has 0 aliphatic heterocycles. The maximum absolute atomic E-state index is 5.26. The number of thiophene rings is 1. The van der Waals surface area contributed by atoms with Gasteiger partial charge in [0.1, 0.15) is 0 Å². The van der Waals surface area contributed by atoms with E-state index in [1.54, 1.807) is 0 Å². The second-order valence-electron chi connectivity index (χ2n) is 11.2. The number of benzene rings is 6. The quantitative estimate of drug-likeness (QED) is 0.191. The molecule has 3 nitrogen and oxygen atoms in total. The first-order valence-electron chi connectivity index (χ1n) is 15.0. The predicted molar refractivity (Wildman–Crippen MR) is 189 cm³/mol. The van der Waals surface area contributed by atoms with Gasteiger partial charge < -0.3 is 0 Å². The topological polar surface area (TPSA) is 38.7 Å². The highest BCUT2D eigenvalue weighted by Crippen LogP contribution is 2.43. The Labute approximate surface area is 264 Å². The van der Waals surface area contributed by atoms with E-state index in [9.17, 15) is 0 Å². The van der Waals surface area contributed by atoms with Crippen LogP contribution in [-0.2, 0) is 0 Å². The van der Waals surface area contributed by atoms with Crippen molar-refractivity contribution >= 4 is 53.2 Å². The summed E-state index contributed by atoms with van der Waals surface area (Å²) in [5.74, 6) is 0.689. The maximum Gasteiger partial charge on any atom is 0.160 e. The summed E-state index contributed by atoms with van der Waals surface area (Å²) in [6.07, 6.45) is 0. The van der Waals surface area contributed by atoms with Crippen LogP contribution in [0.3, 0.4) is 0 Å². The molecule has 0 atom stereocenters. The van der Waals surface area contributed by atoms with Gasteiger partial charge in [0.2, 0.25) is 0 Å². The maximum atomic E-state index is 5.26. The van der Waals surface area contributed by atoms with Crippen molar-refractivity contribution < 1.29 is 0 Å². The highest BCUT2D eigenvalue weighted by molar-refractivity contribution is 7.26. The molecule has 210 valence electrons. The SMILES string of the molecule is c1ccc(-c2cc(-c3ccccc3)nc(-c3cccc(-c4nc5ccccc5c5c4ccc4c6ccccc6sc45)c3)n2)cc1. The van der Waals surface area contributed by atoms with Gasteiger partial charge in [0.05, 0.1) is 22.6 Å². The van der Waals surface area contributed by atoms with Crippen LogP contribution in [0.15, 0.2) is 152 Å². The first-order chi connectivity index (χ1) is 22.3. The molecule has 3 heterocycles. The number of aromatic nitrogens is 3. The Morgan fingerprint density at radius 3 is 1.76 bits per heavy atom. The molecule has 6 aromatic carbocycles. The molecule has 4 heteroatoms. The van der Waals surface area contributed by atoms with Crippen molar-refractivity contribution in [1.29, 1.82) is 0 Å². The minimum absolute atomic E-state index is 0.689. The molecule has 0 spiro atoms. The molecule has 45 heavy (non-hydrogen) atoms. The number of nitrogens with zero attached hydrogens (tertiary/aromatic N) is 3. The fourth-order valence-electron chi connectivity index (χ4n) is 6.33. The molecule has 0 radical (unpaired) electrons. The van der Waals surface area contributed by atoms with Gasteiger partial charge in [-0.25, -0.2) is 15.0 Å². The summed E-state index contributed by atoms with van der Waals surface area (Å²) < 4.78 is 2.60. The van der Waals surface area contributed by atoms with E-state index < -0.39 is 0 Å². The second-order valence-corrected chi connectivity index (χ2v) is 12.3. The van der Waals surface area contributed by atoms with Gasteiger partial charge in [0, 0.05) is 58.6 Å². The zero-order chi connectivity index (χ0) is 29.7. The lowest BCUT2D eigenvalue weighted by molar-refractivity contribution is 1.18. The van der Waals surface area contributed by atoms with Crippen molar-refractivity contribution in [2.24, 2.45) is 0 Å². The van der Waals surface area contributed by atoms with Gasteiger partial charge in [-0.15, -0.1) is 11.3 Å². The summed E-state index contributed by atoms with van der Waals surface area (Å²) in [6, 6.07) is 52.9. The molecule has 0 aliphatic rings. The number of hydrogen-bond donors (Lipinski definition) is 0. The number of fused-ring (bicyclic) bond motifs is 7. The summed E-state index contributed by atoms with van der Waals surface area (Å²) in [5, 5.41) is 6.17. The second kappa shape index (κ2) is 10.5. The Balaban J connectivity index is 1.27. The molecule has 3 aromatic heterocycles. The van der Waals surface area contributed by atoms with E-state index in [1.165, 1.54) is 30.9 Å². The molecule has 0 N–H and O–H groups in total. The van der Waals surface area contributed by atoms with Crippen molar-refractivity contribution in [3.8, 4) is 45.2 Å². The van der Waals surface area contributed by atoms with Crippen LogP contribution < -0.4 is 0 Å². The summed E-state index contributed by atoms with van der Waals surface area (Å²) in [5.41, 5.74) is 7.86. The van der Waals surface area contributed by atoms with Gasteiger partial charge in [-0.2, -0.15) is 0 Å². The molecule has 0 fully saturated rings. The third-order valence-electron chi connectivity index (χ3n) is 8.47. The van der Waals surface area contributed by atoms with Crippen LogP contribution in [0.2, 0.25) is 0 Å². The molecule has 0 aliphatic carbocycles. The van der Waals surface area contributed by atoms with Crippen LogP contribution in [0.25, 0.3) is 87.0 Å². The van der Waals surface area contributed by atoms with E-state index in [0.717, 1.165) is 50.2 Å². The lowest BCUT2D eigenvalue weighted by Gasteiger charge is -2.13. The largest absolute Gasteiger partial charge is 0.247 e. The molecule has 0 bridgehead atoms. The fraction of sp³-hybridized carbons (Fsp3) is 0. The van der Waals surface area contributed by atoms with Crippen molar-refractivity contribution in [1.82, 2.24) is 15.0 Å². The number of hydrogen-bond acceptors (Lipinski definition) is 4. The minimum Gasteiger partial charge on any atom is -0.247 e. The molecule has 0 unspecified atom stereocenters. The Morgan fingerprint density at radius 2 is 1.00 bits per heavy atom. The first-order valence-corrected chi connectivity index (χ1v) is 15.9. The number of pyridine rings is 1. The van der Waals surface area contributed by atoms with Crippen LogP contribution in [0.5, 0.6) is 0 Å². The van der Waals surface area contributed by atoms with Crippen molar-refractivity contribution in [3.63, 3.8) is 0 Å². The van der Waals surface area contributed by atoms with Crippen LogP contribution in [-0.4, -0.2) is 15.0 Å². The Kier molecular flexibility index (Phi) is 6.00. The summed E-state index contributed by atoms with van der Waals surface area (Å²) in [6.45, 7) is 0. The minimum atomic E-state index is 0.689. The molecule has 0 saturated heterocycles. The summed E-state index contributed by atoms with van der Waals surface area (Å²) in [4.78, 5) is 15.4. The van der Waals surface area contributed by atoms with Crippen molar-refractivity contribution in [2.45, 2.75) is 0 Å². The zero-order valence-electron chi connectivity index (χ0n) is 24.2. The van der Waals surface area contributed by atoms with E-state index in [1.807, 2.05) is 47.7 Å². The molecular weight excluding hydrogens is 567 g/mol. The first kappa shape index (κ1) is 25.8. The average molecular weight is 592 g/mol. The summed E-state index contributed by atoms with van der Waals surface area (Å²) >= 11 is 1.86. The smallest absolute Gasteiger partial charge is 0.160 e. The van der Waals surface area contributed by atoms with E-state index in [2.05, 4.69) is 115 Å². The van der Waals surface area contributed by atoms with Gasteiger partial charge in [0.25, 0.3) is 0 Å².